The van der Waals surface area contributed by atoms with E-state index in [9.17, 15) is 17.6 Å². The molecule has 2 aliphatic heterocycles. The van der Waals surface area contributed by atoms with Crippen molar-refractivity contribution in [1.29, 1.82) is 0 Å². The Labute approximate surface area is 287 Å². The first-order valence-electron chi connectivity index (χ1n) is 16.3. The molecule has 4 bridgehead atoms. The summed E-state index contributed by atoms with van der Waals surface area (Å²) < 4.78 is 50.7. The zero-order valence-corrected chi connectivity index (χ0v) is 29.5. The Kier molecular flexibility index (Phi) is 9.08. The van der Waals surface area contributed by atoms with Gasteiger partial charge >= 0.3 is 0 Å². The second kappa shape index (κ2) is 13.0. The molecule has 49 heavy (non-hydrogen) atoms. The molecule has 4 aromatic rings. The van der Waals surface area contributed by atoms with E-state index in [0.29, 0.717) is 36.6 Å². The summed E-state index contributed by atoms with van der Waals surface area (Å²) in [4.78, 5) is 36.0. The Hall–Kier alpha value is -4.65. The lowest BCUT2D eigenvalue weighted by molar-refractivity contribution is 0.0505. The molecule has 2 atom stereocenters. The van der Waals surface area contributed by atoms with Crippen molar-refractivity contribution in [3.8, 4) is 17.1 Å². The van der Waals surface area contributed by atoms with E-state index in [1.165, 1.54) is 18.2 Å². The third-order valence-electron chi connectivity index (χ3n) is 8.82. The van der Waals surface area contributed by atoms with Crippen LogP contribution in [0.15, 0.2) is 65.8 Å². The van der Waals surface area contributed by atoms with E-state index < -0.39 is 27.6 Å². The number of halogens is 1. The van der Waals surface area contributed by atoms with Crippen molar-refractivity contribution < 1.29 is 22.3 Å². The van der Waals surface area contributed by atoms with Gasteiger partial charge in [0.15, 0.2) is 0 Å². The lowest BCUT2D eigenvalue weighted by Gasteiger charge is -2.35. The van der Waals surface area contributed by atoms with Gasteiger partial charge in [0.25, 0.3) is 15.9 Å². The molecule has 1 amide bonds. The number of aromatic nitrogens is 4. The highest BCUT2D eigenvalue weighted by molar-refractivity contribution is 7.92. The molecular formula is C36H42FN7O4S. The number of nitrogens with one attached hydrogen (secondary N) is 1. The Morgan fingerprint density at radius 1 is 1.04 bits per heavy atom. The standard InChI is InChI=1S/C36H42FN7O4S/c1-23-9-7-10-24(2)32(23)29-16-31-41-34(40-29)42-49(46,47)28-12-8-11-25(15-28)33(45)44(26(21-48-31)17-35(3,4)5)20-30-38-18-27(19-39-30)43-14-13-36(6,37)22-43/h7-12,15-16,18-19,26H,13-14,17,20-22H2,1-6H3,(H,40,41,42)/t26-,36+/m1/s1. The number of ether oxygens (including phenoxy) is 1. The Bertz CT molecular complexity index is 1960. The predicted molar refractivity (Wildman–Crippen MR) is 186 cm³/mol. The largest absolute Gasteiger partial charge is 0.475 e. The van der Waals surface area contributed by atoms with E-state index in [2.05, 4.69) is 45.4 Å². The average Bonchev–Trinajstić information content (AvgIpc) is 3.40. The zero-order valence-electron chi connectivity index (χ0n) is 28.7. The van der Waals surface area contributed by atoms with Crippen LogP contribution < -0.4 is 14.4 Å². The van der Waals surface area contributed by atoms with Gasteiger partial charge in [-0.25, -0.2) is 32.5 Å². The molecule has 11 nitrogen and oxygen atoms in total. The molecule has 4 heterocycles. The van der Waals surface area contributed by atoms with Crippen LogP contribution in [0, 0.1) is 19.3 Å². The van der Waals surface area contributed by atoms with Gasteiger partial charge in [-0.15, -0.1) is 0 Å². The summed E-state index contributed by atoms with van der Waals surface area (Å²) in [6.45, 7) is 12.7. The zero-order chi connectivity index (χ0) is 35.1. The number of anilines is 2. The predicted octanol–water partition coefficient (Wildman–Crippen LogP) is 6.13. The second-order valence-electron chi connectivity index (χ2n) is 14.4. The van der Waals surface area contributed by atoms with Gasteiger partial charge < -0.3 is 14.5 Å². The minimum absolute atomic E-state index is 0.0297. The third-order valence-corrected chi connectivity index (χ3v) is 10.1. The SMILES string of the molecule is Cc1cccc(C)c1-c1cc2nc(n1)NS(=O)(=O)c1cccc(c1)C(=O)N(Cc1ncc(N3CC[C@](C)(F)C3)cn1)[C@H](CC(C)(C)C)CO2. The minimum atomic E-state index is -4.20. The number of benzene rings is 2. The van der Waals surface area contributed by atoms with Crippen molar-refractivity contribution in [2.75, 3.05) is 29.3 Å². The summed E-state index contributed by atoms with van der Waals surface area (Å²) in [5.74, 6) is 0.00168. The van der Waals surface area contributed by atoms with Gasteiger partial charge in [0.05, 0.1) is 47.8 Å². The van der Waals surface area contributed by atoms with Crippen LogP contribution in [0.1, 0.15) is 67.8 Å². The van der Waals surface area contributed by atoms with Crippen LogP contribution in [0.3, 0.4) is 0 Å². The van der Waals surface area contributed by atoms with Crippen molar-refractivity contribution in [2.45, 2.75) is 77.5 Å². The van der Waals surface area contributed by atoms with Gasteiger partial charge in [0.1, 0.15) is 18.1 Å². The molecule has 13 heteroatoms. The van der Waals surface area contributed by atoms with Crippen molar-refractivity contribution in [2.24, 2.45) is 5.41 Å². The highest BCUT2D eigenvalue weighted by Gasteiger charge is 2.35. The summed E-state index contributed by atoms with van der Waals surface area (Å²) in [6.07, 6.45) is 4.27. The number of sulfonamides is 1. The number of hydrogen-bond acceptors (Lipinski definition) is 9. The molecule has 2 aromatic heterocycles. The van der Waals surface area contributed by atoms with E-state index in [-0.39, 0.29) is 47.4 Å². The van der Waals surface area contributed by atoms with E-state index in [1.54, 1.807) is 36.4 Å². The van der Waals surface area contributed by atoms with Crippen LogP contribution in [-0.4, -0.2) is 70.6 Å². The number of hydrogen-bond donors (Lipinski definition) is 1. The number of fused-ring (bicyclic) bond motifs is 4. The molecule has 0 aliphatic carbocycles. The molecule has 2 aliphatic rings. The first kappa shape index (κ1) is 34.2. The van der Waals surface area contributed by atoms with Gasteiger partial charge in [-0.2, -0.15) is 4.98 Å². The number of aryl methyl sites for hydroxylation is 2. The average molecular weight is 688 g/mol. The molecule has 1 saturated heterocycles. The highest BCUT2D eigenvalue weighted by atomic mass is 32.2. The minimum Gasteiger partial charge on any atom is -0.475 e. The van der Waals surface area contributed by atoms with Gasteiger partial charge in [-0.05, 0) is 61.9 Å². The second-order valence-corrected chi connectivity index (χ2v) is 16.1. The van der Waals surface area contributed by atoms with E-state index in [4.69, 9.17) is 4.74 Å². The van der Waals surface area contributed by atoms with Crippen LogP contribution in [-0.2, 0) is 16.6 Å². The van der Waals surface area contributed by atoms with Gasteiger partial charge in [0.2, 0.25) is 11.8 Å². The summed E-state index contributed by atoms with van der Waals surface area (Å²) in [5.41, 5.74) is 2.65. The van der Waals surface area contributed by atoms with Crippen LogP contribution in [0.2, 0.25) is 0 Å². The molecule has 6 rings (SSSR count). The maximum atomic E-state index is 14.5. The summed E-state index contributed by atoms with van der Waals surface area (Å²) >= 11 is 0. The van der Waals surface area contributed by atoms with Crippen LogP contribution in [0.5, 0.6) is 5.88 Å². The third kappa shape index (κ3) is 7.82. The highest BCUT2D eigenvalue weighted by Crippen LogP contribution is 2.32. The maximum absolute atomic E-state index is 14.5. The number of nitrogens with zero attached hydrogens (tertiary/aromatic N) is 6. The topological polar surface area (TPSA) is 131 Å². The van der Waals surface area contributed by atoms with Gasteiger partial charge in [-0.1, -0.05) is 45.0 Å². The van der Waals surface area contributed by atoms with E-state index >= 15 is 0 Å². The van der Waals surface area contributed by atoms with Crippen molar-refractivity contribution in [3.63, 3.8) is 0 Å². The Morgan fingerprint density at radius 2 is 1.73 bits per heavy atom. The van der Waals surface area contributed by atoms with Gasteiger partial charge in [-0.3, -0.25) is 4.79 Å². The molecule has 0 saturated carbocycles. The van der Waals surface area contributed by atoms with Crippen LogP contribution in [0.25, 0.3) is 11.3 Å². The van der Waals surface area contributed by atoms with E-state index in [0.717, 1.165) is 16.7 Å². The summed E-state index contributed by atoms with van der Waals surface area (Å²) in [7, 11) is -4.20. The Morgan fingerprint density at radius 3 is 2.39 bits per heavy atom. The first-order chi connectivity index (χ1) is 23.1. The fraction of sp³-hybridized carbons (Fsp3) is 0.417. The number of amides is 1. The lowest BCUT2D eigenvalue weighted by Crippen LogP contribution is -2.45. The smallest absolute Gasteiger partial charge is 0.264 e. The fourth-order valence-electron chi connectivity index (χ4n) is 6.44. The quantitative estimate of drug-likeness (QED) is 0.263. The van der Waals surface area contributed by atoms with Crippen LogP contribution in [0.4, 0.5) is 16.0 Å². The summed E-state index contributed by atoms with van der Waals surface area (Å²) in [5, 5.41) is 0. The van der Waals surface area contributed by atoms with E-state index in [1.807, 2.05) is 36.9 Å². The molecule has 2 aromatic carbocycles. The maximum Gasteiger partial charge on any atom is 0.264 e. The molecule has 258 valence electrons. The molecule has 0 unspecified atom stereocenters. The number of rotatable bonds is 5. The number of carbonyl (C=O) groups excluding carboxylic acids is 1. The molecule has 1 N–H and O–H groups in total. The Balaban J connectivity index is 1.43. The summed E-state index contributed by atoms with van der Waals surface area (Å²) in [6, 6.07) is 13.0. The van der Waals surface area contributed by atoms with Gasteiger partial charge in [0, 0.05) is 30.2 Å². The van der Waals surface area contributed by atoms with Crippen LogP contribution >= 0.6 is 0 Å². The van der Waals surface area contributed by atoms with Crippen molar-refractivity contribution in [1.82, 2.24) is 24.8 Å². The number of carbonyl (C=O) groups is 1. The molecule has 0 radical (unpaired) electrons. The monoisotopic (exact) mass is 687 g/mol. The molecule has 0 spiro atoms. The molecular weight excluding hydrogens is 646 g/mol. The van der Waals surface area contributed by atoms with Crippen molar-refractivity contribution in [3.05, 3.63) is 83.4 Å². The lowest BCUT2D eigenvalue weighted by atomic mass is 9.87. The van der Waals surface area contributed by atoms with Crippen molar-refractivity contribution >= 4 is 27.6 Å². The molecule has 1 fully saturated rings. The number of alkyl halides is 1. The normalized spacial score (nSPS) is 20.9. The first-order valence-corrected chi connectivity index (χ1v) is 17.8. The fourth-order valence-corrected chi connectivity index (χ4v) is 7.43.